The van der Waals surface area contributed by atoms with Crippen LogP contribution in [0.4, 0.5) is 23.0 Å². The summed E-state index contributed by atoms with van der Waals surface area (Å²) in [4.78, 5) is 4.33. The average Bonchev–Trinajstić information content (AvgIpc) is 3.28. The van der Waals surface area contributed by atoms with Crippen molar-refractivity contribution in [3.63, 3.8) is 0 Å². The van der Waals surface area contributed by atoms with Crippen molar-refractivity contribution < 1.29 is 25.5 Å². The Balaban J connectivity index is 2.34. The molecule has 11 heteroatoms. The highest BCUT2D eigenvalue weighted by Gasteiger charge is 2.38. The molecule has 0 amide bonds. The Bertz CT molecular complexity index is 1010. The lowest BCUT2D eigenvalue weighted by Gasteiger charge is -2.19. The molecule has 1 heterocycles. The maximum absolute atomic E-state index is 14.0. The summed E-state index contributed by atoms with van der Waals surface area (Å²) in [5.41, 5.74) is 0.982. The smallest absolute Gasteiger partial charge is 0.347 e. The van der Waals surface area contributed by atoms with Crippen LogP contribution >= 0.6 is 0 Å². The number of hydrogen-bond acceptors (Lipinski definition) is 5. The number of rotatable bonds is 5. The van der Waals surface area contributed by atoms with Gasteiger partial charge >= 0.3 is 16.4 Å². The van der Waals surface area contributed by atoms with Gasteiger partial charge in [-0.3, -0.25) is 0 Å². The van der Waals surface area contributed by atoms with E-state index in [1.807, 2.05) is 13.8 Å². The van der Waals surface area contributed by atoms with Gasteiger partial charge in [0, 0.05) is 14.1 Å². The molecule has 0 aliphatic heterocycles. The summed E-state index contributed by atoms with van der Waals surface area (Å²) in [5, 5.41) is 3.55. The monoisotopic (exact) mass is 420 g/mol. The van der Waals surface area contributed by atoms with E-state index in [1.165, 1.54) is 19.0 Å². The van der Waals surface area contributed by atoms with Gasteiger partial charge in [-0.1, -0.05) is 19.9 Å². The highest BCUT2D eigenvalue weighted by Crippen LogP contribution is 2.45. The largest absolute Gasteiger partial charge is 0.453 e. The minimum atomic E-state index is -5.06. The van der Waals surface area contributed by atoms with Gasteiger partial charge in [-0.2, -0.15) is 31.3 Å². The molecule has 1 aromatic heterocycles. The molecule has 0 unspecified atom stereocenters. The minimum absolute atomic E-state index is 0.0577. The molecule has 1 aliphatic rings. The van der Waals surface area contributed by atoms with Crippen LogP contribution in [0.2, 0.25) is 0 Å². The van der Waals surface area contributed by atoms with Gasteiger partial charge in [0.1, 0.15) is 4.90 Å². The second-order valence-corrected chi connectivity index (χ2v) is 8.67. The molecule has 28 heavy (non-hydrogen) atoms. The molecule has 6 nitrogen and oxygen atoms in total. The van der Waals surface area contributed by atoms with E-state index >= 15 is 0 Å². The molecule has 3 rings (SSSR count). The lowest BCUT2D eigenvalue weighted by molar-refractivity contribution is -0.144. The Morgan fingerprint density at radius 3 is 2.25 bits per heavy atom. The highest BCUT2D eigenvalue weighted by atomic mass is 32.3. The lowest BCUT2D eigenvalue weighted by Crippen LogP contribution is -2.17. The fraction of sp³-hybridized carbons (Fsp3) is 0.529. The Labute approximate surface area is 160 Å². The molecule has 1 saturated carbocycles. The van der Waals surface area contributed by atoms with Crippen molar-refractivity contribution in [2.75, 3.05) is 19.0 Å². The summed E-state index contributed by atoms with van der Waals surface area (Å²) < 4.78 is 77.8. The molecule has 0 N–H and O–H groups in total. The predicted octanol–water partition coefficient (Wildman–Crippen LogP) is 4.01. The molecule has 0 bridgehead atoms. The van der Waals surface area contributed by atoms with Crippen LogP contribution in [-0.4, -0.2) is 37.3 Å². The quantitative estimate of drug-likeness (QED) is 0.540. The van der Waals surface area contributed by atoms with Crippen molar-refractivity contribution in [1.29, 1.82) is 0 Å². The number of alkyl halides is 3. The summed E-state index contributed by atoms with van der Waals surface area (Å²) >= 11 is 0. The Morgan fingerprint density at radius 1 is 1.21 bits per heavy atom. The maximum atomic E-state index is 14.0. The van der Waals surface area contributed by atoms with Crippen LogP contribution in [0.15, 0.2) is 17.0 Å². The minimum Gasteiger partial charge on any atom is -0.347 e. The lowest BCUT2D eigenvalue weighted by atomic mass is 9.96. The Kier molecular flexibility index (Phi) is 4.93. The van der Waals surface area contributed by atoms with Crippen molar-refractivity contribution in [3.8, 4) is 5.69 Å². The first-order valence-electron chi connectivity index (χ1n) is 8.65. The van der Waals surface area contributed by atoms with Gasteiger partial charge < -0.3 is 4.90 Å². The van der Waals surface area contributed by atoms with Crippen molar-refractivity contribution in [3.05, 3.63) is 29.1 Å². The molecule has 1 aromatic carbocycles. The first-order valence-corrected chi connectivity index (χ1v) is 10.0. The number of aromatic nitrogens is 3. The molecular formula is C17H20F4N4O2S. The summed E-state index contributed by atoms with van der Waals surface area (Å²) in [7, 11) is -2.09. The topological polar surface area (TPSA) is 68.1 Å². The van der Waals surface area contributed by atoms with E-state index in [4.69, 9.17) is 0 Å². The summed E-state index contributed by atoms with van der Waals surface area (Å²) in [5.74, 6) is -1.74. The van der Waals surface area contributed by atoms with Gasteiger partial charge in [0.05, 0.1) is 5.69 Å². The molecule has 0 saturated heterocycles. The van der Waals surface area contributed by atoms with E-state index in [-0.39, 0.29) is 23.5 Å². The number of anilines is 1. The van der Waals surface area contributed by atoms with E-state index in [0.717, 1.165) is 23.6 Å². The molecule has 154 valence electrons. The fourth-order valence-electron chi connectivity index (χ4n) is 3.05. The van der Waals surface area contributed by atoms with Gasteiger partial charge in [-0.15, -0.1) is 8.98 Å². The number of nitrogens with zero attached hydrogens (tertiary/aromatic N) is 4. The molecule has 2 aromatic rings. The molecule has 1 aliphatic carbocycles. The fourth-order valence-corrected chi connectivity index (χ4v) is 3.81. The number of halogens is 4. The van der Waals surface area contributed by atoms with Crippen LogP contribution < -0.4 is 4.90 Å². The molecular weight excluding hydrogens is 400 g/mol. The number of hydrogen-bond donors (Lipinski definition) is 0. The van der Waals surface area contributed by atoms with E-state index in [0.29, 0.717) is 11.1 Å². The van der Waals surface area contributed by atoms with E-state index in [9.17, 15) is 25.5 Å². The predicted molar refractivity (Wildman–Crippen MR) is 95.0 cm³/mol. The first kappa shape index (κ1) is 20.6. The van der Waals surface area contributed by atoms with Crippen molar-refractivity contribution in [2.45, 2.75) is 49.6 Å². The average molecular weight is 420 g/mol. The first-order chi connectivity index (χ1) is 12.8. The zero-order chi connectivity index (χ0) is 21.0. The third-order valence-corrected chi connectivity index (χ3v) is 5.41. The van der Waals surface area contributed by atoms with E-state index in [1.54, 1.807) is 6.07 Å². The second-order valence-electron chi connectivity index (χ2n) is 7.36. The maximum Gasteiger partial charge on any atom is 0.453 e. The van der Waals surface area contributed by atoms with E-state index < -0.39 is 27.1 Å². The van der Waals surface area contributed by atoms with Crippen LogP contribution in [0.5, 0.6) is 0 Å². The molecule has 0 radical (unpaired) electrons. The van der Waals surface area contributed by atoms with Gasteiger partial charge in [-0.05, 0) is 41.9 Å². The standard InChI is InChI=1S/C17H20F4N4O2S/c1-9(2)11-7-12(10-5-6-10)14(28(21,26)27)8-13(11)25-16(24(3)4)22-15(23-25)17(18,19)20/h7-10H,5-6H2,1-4H3. The van der Waals surface area contributed by atoms with Crippen molar-refractivity contribution in [1.82, 2.24) is 14.8 Å². The van der Waals surface area contributed by atoms with Crippen LogP contribution in [0, 0.1) is 0 Å². The molecule has 0 atom stereocenters. The van der Waals surface area contributed by atoms with Gasteiger partial charge in [0.25, 0.3) is 5.82 Å². The van der Waals surface area contributed by atoms with Crippen molar-refractivity contribution >= 4 is 16.2 Å². The Hall–Kier alpha value is -2.17. The second kappa shape index (κ2) is 6.71. The zero-order valence-electron chi connectivity index (χ0n) is 15.7. The number of benzene rings is 1. The van der Waals surface area contributed by atoms with Gasteiger partial charge in [0.2, 0.25) is 5.95 Å². The van der Waals surface area contributed by atoms with Crippen LogP contribution in [0.1, 0.15) is 55.5 Å². The SMILES string of the molecule is CC(C)c1cc(C2CC2)c(S(=O)(=O)F)cc1-n1nc(C(F)(F)F)nc1N(C)C. The third-order valence-electron chi connectivity index (χ3n) is 4.53. The van der Waals surface area contributed by atoms with Crippen molar-refractivity contribution in [2.24, 2.45) is 0 Å². The van der Waals surface area contributed by atoms with Crippen LogP contribution in [-0.2, 0) is 16.4 Å². The van der Waals surface area contributed by atoms with Crippen LogP contribution in [0.3, 0.4) is 0 Å². The highest BCUT2D eigenvalue weighted by molar-refractivity contribution is 7.86. The summed E-state index contributed by atoms with van der Waals surface area (Å²) in [6.07, 6.45) is -3.30. The summed E-state index contributed by atoms with van der Waals surface area (Å²) in [6, 6.07) is 2.64. The normalized spacial score (nSPS) is 15.3. The van der Waals surface area contributed by atoms with Crippen LogP contribution in [0.25, 0.3) is 5.69 Å². The molecule has 1 fully saturated rings. The van der Waals surface area contributed by atoms with E-state index in [2.05, 4.69) is 10.1 Å². The zero-order valence-corrected chi connectivity index (χ0v) is 16.6. The third kappa shape index (κ3) is 3.85. The Morgan fingerprint density at radius 2 is 1.82 bits per heavy atom. The molecule has 0 spiro atoms. The summed E-state index contributed by atoms with van der Waals surface area (Å²) in [6.45, 7) is 3.63. The van der Waals surface area contributed by atoms with Gasteiger partial charge in [0.15, 0.2) is 0 Å². The van der Waals surface area contributed by atoms with Gasteiger partial charge in [-0.25, -0.2) is 0 Å².